The van der Waals surface area contributed by atoms with Gasteiger partial charge in [0.1, 0.15) is 7.14 Å². The highest BCUT2D eigenvalue weighted by Crippen LogP contribution is 2.39. The van der Waals surface area contributed by atoms with E-state index in [1.54, 1.807) is 24.7 Å². The lowest BCUT2D eigenvalue weighted by Gasteiger charge is -2.10. The molecule has 1 heterocycles. The van der Waals surface area contributed by atoms with Crippen LogP contribution in [-0.2, 0) is 4.57 Å². The second-order valence-electron chi connectivity index (χ2n) is 3.78. The summed E-state index contributed by atoms with van der Waals surface area (Å²) in [6, 6.07) is 4.07. The van der Waals surface area contributed by atoms with Gasteiger partial charge in [-0.2, -0.15) is 0 Å². The van der Waals surface area contributed by atoms with Gasteiger partial charge in [-0.1, -0.05) is 6.07 Å². The molecule has 0 saturated carbocycles. The van der Waals surface area contributed by atoms with E-state index < -0.39 is 7.14 Å². The Hall–Kier alpha value is -0.660. The van der Waals surface area contributed by atoms with Gasteiger partial charge in [0, 0.05) is 5.30 Å². The minimum atomic E-state index is -2.22. The Morgan fingerprint density at radius 1 is 1.36 bits per heavy atom. The van der Waals surface area contributed by atoms with Crippen molar-refractivity contribution in [2.24, 2.45) is 0 Å². The van der Waals surface area contributed by atoms with Gasteiger partial charge in [0.25, 0.3) is 0 Å². The van der Waals surface area contributed by atoms with Gasteiger partial charge in [-0.25, -0.2) is 4.98 Å². The Morgan fingerprint density at radius 3 is 2.71 bits per heavy atom. The van der Waals surface area contributed by atoms with E-state index in [1.165, 1.54) is 0 Å². The monoisotopic (exact) mass is 225 g/mol. The summed E-state index contributed by atoms with van der Waals surface area (Å²) in [5.41, 5.74) is 3.81. The molecule has 2 nitrogen and oxygen atoms in total. The highest BCUT2D eigenvalue weighted by molar-refractivity contribution is 7.70. The molecule has 1 aromatic carbocycles. The molecule has 0 saturated heterocycles. The summed E-state index contributed by atoms with van der Waals surface area (Å²) >= 11 is 1.59. The topological polar surface area (TPSA) is 30.0 Å². The van der Waals surface area contributed by atoms with Crippen molar-refractivity contribution in [2.45, 2.75) is 6.92 Å². The van der Waals surface area contributed by atoms with E-state index in [2.05, 4.69) is 4.98 Å². The highest BCUT2D eigenvalue weighted by Gasteiger charge is 2.18. The predicted octanol–water partition coefficient (Wildman–Crippen LogP) is 2.85. The zero-order chi connectivity index (χ0) is 10.3. The van der Waals surface area contributed by atoms with Crippen molar-refractivity contribution in [3.8, 4) is 0 Å². The SMILES string of the molecule is Cc1ccc2scnc2c1P(C)(C)=O. The number of hydrogen-bond donors (Lipinski definition) is 0. The minimum absolute atomic E-state index is 0.920. The molecule has 0 radical (unpaired) electrons. The zero-order valence-electron chi connectivity index (χ0n) is 8.44. The van der Waals surface area contributed by atoms with E-state index in [9.17, 15) is 4.57 Å². The Labute approximate surface area is 87.4 Å². The van der Waals surface area contributed by atoms with Gasteiger partial charge in [-0.05, 0) is 31.9 Å². The Morgan fingerprint density at radius 2 is 2.07 bits per heavy atom. The largest absolute Gasteiger partial charge is 0.319 e. The number of benzene rings is 1. The molecule has 0 N–H and O–H groups in total. The number of aromatic nitrogens is 1. The first-order valence-corrected chi connectivity index (χ1v) is 7.86. The summed E-state index contributed by atoms with van der Waals surface area (Å²) in [7, 11) is -2.22. The molecule has 4 heteroatoms. The Kier molecular flexibility index (Phi) is 2.24. The number of fused-ring (bicyclic) bond motifs is 1. The van der Waals surface area contributed by atoms with Gasteiger partial charge in [-0.15, -0.1) is 11.3 Å². The van der Waals surface area contributed by atoms with Crippen LogP contribution in [0.15, 0.2) is 17.6 Å². The fourth-order valence-electron chi connectivity index (χ4n) is 1.70. The highest BCUT2D eigenvalue weighted by atomic mass is 32.1. The van der Waals surface area contributed by atoms with Crippen LogP contribution in [0, 0.1) is 6.92 Å². The molecule has 0 unspecified atom stereocenters. The molecule has 0 aliphatic carbocycles. The molecular weight excluding hydrogens is 213 g/mol. The molecule has 2 rings (SSSR count). The van der Waals surface area contributed by atoms with Gasteiger partial charge in [0.15, 0.2) is 0 Å². The average molecular weight is 225 g/mol. The van der Waals surface area contributed by atoms with E-state index >= 15 is 0 Å². The zero-order valence-corrected chi connectivity index (χ0v) is 10.2. The molecule has 0 spiro atoms. The molecule has 0 aliphatic heterocycles. The summed E-state index contributed by atoms with van der Waals surface area (Å²) in [5.74, 6) is 0. The second-order valence-corrected chi connectivity index (χ2v) is 7.82. The van der Waals surface area contributed by atoms with Crippen molar-refractivity contribution < 1.29 is 4.57 Å². The average Bonchev–Trinajstić information content (AvgIpc) is 2.48. The quantitative estimate of drug-likeness (QED) is 0.698. The van der Waals surface area contributed by atoms with Crippen LogP contribution < -0.4 is 5.30 Å². The molecule has 14 heavy (non-hydrogen) atoms. The molecule has 74 valence electrons. The molecule has 0 bridgehead atoms. The molecule has 0 fully saturated rings. The lowest BCUT2D eigenvalue weighted by molar-refractivity contribution is 0.588. The van der Waals surface area contributed by atoms with Crippen LogP contribution in [0.4, 0.5) is 0 Å². The third-order valence-corrected chi connectivity index (χ3v) is 4.65. The number of nitrogens with zero attached hydrogens (tertiary/aromatic N) is 1. The summed E-state index contributed by atoms with van der Waals surface area (Å²) in [6.07, 6.45) is 0. The smallest absolute Gasteiger partial charge is 0.112 e. The van der Waals surface area contributed by atoms with Crippen molar-refractivity contribution in [3.63, 3.8) is 0 Å². The van der Waals surface area contributed by atoms with Crippen LogP contribution in [0.1, 0.15) is 5.56 Å². The first-order chi connectivity index (χ1) is 6.50. The summed E-state index contributed by atoms with van der Waals surface area (Å²) < 4.78 is 13.2. The standard InChI is InChI=1S/C10H12NOPS/c1-7-4-5-8-9(11-6-14-8)10(7)13(2,3)12/h4-6H,1-3H3. The Balaban J connectivity index is 2.91. The molecule has 2 aromatic rings. The number of aryl methyl sites for hydroxylation is 1. The fraction of sp³-hybridized carbons (Fsp3) is 0.300. The first-order valence-electron chi connectivity index (χ1n) is 4.38. The van der Waals surface area contributed by atoms with Gasteiger partial charge in [0.2, 0.25) is 0 Å². The van der Waals surface area contributed by atoms with E-state index in [0.29, 0.717) is 0 Å². The molecule has 0 atom stereocenters. The van der Waals surface area contributed by atoms with Crippen molar-refractivity contribution in [3.05, 3.63) is 23.2 Å². The lowest BCUT2D eigenvalue weighted by atomic mass is 10.2. The molecular formula is C10H12NOPS. The normalized spacial score (nSPS) is 12.2. The van der Waals surface area contributed by atoms with Crippen LogP contribution in [0.25, 0.3) is 10.2 Å². The maximum absolute atomic E-state index is 12.1. The number of thiazole rings is 1. The van der Waals surface area contributed by atoms with Crippen LogP contribution >= 0.6 is 18.5 Å². The van der Waals surface area contributed by atoms with E-state index in [4.69, 9.17) is 0 Å². The molecule has 0 aliphatic rings. The van der Waals surface area contributed by atoms with Crippen LogP contribution in [0.3, 0.4) is 0 Å². The van der Waals surface area contributed by atoms with Crippen LogP contribution in [-0.4, -0.2) is 18.3 Å². The summed E-state index contributed by atoms with van der Waals surface area (Å²) in [4.78, 5) is 4.29. The maximum Gasteiger partial charge on any atom is 0.112 e. The van der Waals surface area contributed by atoms with E-state index in [0.717, 1.165) is 21.1 Å². The van der Waals surface area contributed by atoms with Crippen molar-refractivity contribution in [1.29, 1.82) is 0 Å². The fourth-order valence-corrected chi connectivity index (χ4v) is 4.07. The maximum atomic E-state index is 12.1. The minimum Gasteiger partial charge on any atom is -0.319 e. The lowest BCUT2D eigenvalue weighted by Crippen LogP contribution is -2.08. The van der Waals surface area contributed by atoms with E-state index in [-0.39, 0.29) is 0 Å². The van der Waals surface area contributed by atoms with Gasteiger partial charge in [0.05, 0.1) is 15.7 Å². The van der Waals surface area contributed by atoms with Gasteiger partial charge < -0.3 is 4.57 Å². The van der Waals surface area contributed by atoms with E-state index in [1.807, 2.05) is 24.6 Å². The number of hydrogen-bond acceptors (Lipinski definition) is 3. The predicted molar refractivity (Wildman–Crippen MR) is 63.4 cm³/mol. The second kappa shape index (κ2) is 3.18. The summed E-state index contributed by atoms with van der Waals surface area (Å²) in [6.45, 7) is 5.59. The third kappa shape index (κ3) is 1.51. The summed E-state index contributed by atoms with van der Waals surface area (Å²) in [5, 5.41) is 0.941. The van der Waals surface area contributed by atoms with Crippen LogP contribution in [0.5, 0.6) is 0 Å². The van der Waals surface area contributed by atoms with Crippen molar-refractivity contribution in [1.82, 2.24) is 4.98 Å². The van der Waals surface area contributed by atoms with Crippen molar-refractivity contribution in [2.75, 3.05) is 13.3 Å². The molecule has 0 amide bonds. The van der Waals surface area contributed by atoms with Gasteiger partial charge >= 0.3 is 0 Å². The Bertz CT molecular complexity index is 526. The van der Waals surface area contributed by atoms with Crippen molar-refractivity contribution >= 4 is 34.0 Å². The van der Waals surface area contributed by atoms with Gasteiger partial charge in [-0.3, -0.25) is 0 Å². The number of rotatable bonds is 1. The third-order valence-electron chi connectivity index (χ3n) is 2.22. The van der Waals surface area contributed by atoms with Crippen LogP contribution in [0.2, 0.25) is 0 Å². The first kappa shape index (κ1) is 9.88. The molecule has 1 aromatic heterocycles.